The molecule has 0 aliphatic carbocycles. The van der Waals surface area contributed by atoms with E-state index in [0.717, 1.165) is 22.5 Å². The summed E-state index contributed by atoms with van der Waals surface area (Å²) < 4.78 is 5.05. The van der Waals surface area contributed by atoms with Crippen molar-refractivity contribution in [1.29, 1.82) is 0 Å². The van der Waals surface area contributed by atoms with Gasteiger partial charge >= 0.3 is 0 Å². The molecule has 1 amide bonds. The number of anilines is 2. The van der Waals surface area contributed by atoms with E-state index in [9.17, 15) is 4.79 Å². The minimum absolute atomic E-state index is 0.245. The Morgan fingerprint density at radius 2 is 2.05 bits per heavy atom. The molecule has 100 valence electrons. The van der Waals surface area contributed by atoms with Crippen molar-refractivity contribution < 1.29 is 9.32 Å². The van der Waals surface area contributed by atoms with Crippen LogP contribution in [-0.2, 0) is 0 Å². The maximum Gasteiger partial charge on any atom is 0.258 e. The fourth-order valence-electron chi connectivity index (χ4n) is 1.67. The Morgan fingerprint density at radius 3 is 2.58 bits per heavy atom. The minimum atomic E-state index is -0.245. The number of rotatable bonds is 3. The fourth-order valence-corrected chi connectivity index (χ4v) is 1.67. The van der Waals surface area contributed by atoms with Crippen molar-refractivity contribution in [3.8, 4) is 0 Å². The van der Waals surface area contributed by atoms with Gasteiger partial charge in [0, 0.05) is 11.1 Å². The second-order valence-corrected chi connectivity index (χ2v) is 4.35. The molecule has 2 aromatic rings. The van der Waals surface area contributed by atoms with Crippen LogP contribution < -0.4 is 16.6 Å². The van der Waals surface area contributed by atoms with Crippen LogP contribution >= 0.6 is 0 Å². The van der Waals surface area contributed by atoms with E-state index >= 15 is 0 Å². The van der Waals surface area contributed by atoms with Gasteiger partial charge in [-0.2, -0.15) is 0 Å². The van der Waals surface area contributed by atoms with Gasteiger partial charge in [-0.05, 0) is 44.5 Å². The average Bonchev–Trinajstić information content (AvgIpc) is 2.70. The number of benzene rings is 1. The number of amides is 1. The van der Waals surface area contributed by atoms with Crippen molar-refractivity contribution in [3.05, 3.63) is 40.6 Å². The topological polar surface area (TPSA) is 93.2 Å². The third kappa shape index (κ3) is 2.58. The third-order valence-electron chi connectivity index (χ3n) is 3.03. The fraction of sp³-hybridized carbons (Fsp3) is 0.231. The molecule has 1 heterocycles. The molecule has 0 bridgehead atoms. The van der Waals surface area contributed by atoms with Gasteiger partial charge in [-0.3, -0.25) is 16.0 Å². The van der Waals surface area contributed by atoms with Gasteiger partial charge < -0.3 is 9.95 Å². The van der Waals surface area contributed by atoms with E-state index in [4.69, 9.17) is 10.4 Å². The molecule has 0 radical (unpaired) electrons. The monoisotopic (exact) mass is 260 g/mol. The van der Waals surface area contributed by atoms with Gasteiger partial charge in [-0.1, -0.05) is 5.16 Å². The van der Waals surface area contributed by atoms with E-state index in [1.807, 2.05) is 20.8 Å². The number of aryl methyl sites for hydroxylation is 2. The van der Waals surface area contributed by atoms with E-state index in [1.165, 1.54) is 0 Å². The summed E-state index contributed by atoms with van der Waals surface area (Å²) >= 11 is 0. The van der Waals surface area contributed by atoms with E-state index < -0.39 is 0 Å². The number of carbonyl (C=O) groups excluding carboxylic acids is 1. The van der Waals surface area contributed by atoms with E-state index in [0.29, 0.717) is 11.4 Å². The zero-order valence-corrected chi connectivity index (χ0v) is 11.1. The predicted molar refractivity (Wildman–Crippen MR) is 72.9 cm³/mol. The Bertz CT molecular complexity index is 619. The van der Waals surface area contributed by atoms with Crippen LogP contribution in [0.5, 0.6) is 0 Å². The summed E-state index contributed by atoms with van der Waals surface area (Å²) in [5.74, 6) is 5.48. The molecule has 0 saturated heterocycles. The smallest absolute Gasteiger partial charge is 0.258 e. The van der Waals surface area contributed by atoms with Crippen LogP contribution in [0.15, 0.2) is 22.7 Å². The molecule has 1 aromatic heterocycles. The lowest BCUT2D eigenvalue weighted by Crippen LogP contribution is -2.13. The highest BCUT2D eigenvalue weighted by molar-refractivity contribution is 6.04. The molecule has 1 aromatic carbocycles. The normalized spacial score (nSPS) is 10.3. The zero-order chi connectivity index (χ0) is 14.0. The van der Waals surface area contributed by atoms with Gasteiger partial charge in [-0.25, -0.2) is 0 Å². The first kappa shape index (κ1) is 13.1. The number of nitrogens with one attached hydrogen (secondary N) is 2. The van der Waals surface area contributed by atoms with Gasteiger partial charge in [0.2, 0.25) is 5.88 Å². The highest BCUT2D eigenvalue weighted by Crippen LogP contribution is 2.20. The second kappa shape index (κ2) is 5.11. The lowest BCUT2D eigenvalue weighted by Gasteiger charge is -2.07. The zero-order valence-electron chi connectivity index (χ0n) is 11.1. The largest absolute Gasteiger partial charge is 0.338 e. The summed E-state index contributed by atoms with van der Waals surface area (Å²) in [6.07, 6.45) is 0. The van der Waals surface area contributed by atoms with Crippen LogP contribution in [0.25, 0.3) is 0 Å². The molecule has 4 N–H and O–H groups in total. The van der Waals surface area contributed by atoms with E-state index in [1.54, 1.807) is 18.2 Å². The van der Waals surface area contributed by atoms with E-state index in [2.05, 4.69) is 15.9 Å². The number of nitrogens with two attached hydrogens (primary N) is 1. The molecule has 0 aliphatic rings. The maximum absolute atomic E-state index is 12.1. The van der Waals surface area contributed by atoms with Gasteiger partial charge in [0.05, 0.1) is 11.4 Å². The number of nitrogens with zero attached hydrogens (tertiary/aromatic N) is 1. The van der Waals surface area contributed by atoms with Crippen LogP contribution in [0.1, 0.15) is 27.2 Å². The number of hydrogen-bond acceptors (Lipinski definition) is 5. The predicted octanol–water partition coefficient (Wildman–Crippen LogP) is 2.14. The molecule has 6 heteroatoms. The van der Waals surface area contributed by atoms with Gasteiger partial charge in [0.15, 0.2) is 0 Å². The van der Waals surface area contributed by atoms with Gasteiger partial charge in [0.25, 0.3) is 5.91 Å². The van der Waals surface area contributed by atoms with Crippen LogP contribution in [-0.4, -0.2) is 11.1 Å². The Labute approximate surface area is 110 Å². The van der Waals surface area contributed by atoms with Crippen molar-refractivity contribution in [2.45, 2.75) is 20.8 Å². The highest BCUT2D eigenvalue weighted by Gasteiger charge is 2.13. The van der Waals surface area contributed by atoms with Gasteiger partial charge in [-0.15, -0.1) is 0 Å². The highest BCUT2D eigenvalue weighted by atomic mass is 16.5. The van der Waals surface area contributed by atoms with Crippen molar-refractivity contribution in [3.63, 3.8) is 0 Å². The number of hydrazine groups is 1. The SMILES string of the molecule is Cc1cc(C(=O)Nc2onc(C)c2C)ccc1NN. The van der Waals surface area contributed by atoms with Crippen LogP contribution in [0, 0.1) is 20.8 Å². The number of aromatic nitrogens is 1. The van der Waals surface area contributed by atoms with E-state index in [-0.39, 0.29) is 5.91 Å². The standard InChI is InChI=1S/C13H16N4O2/c1-7-6-10(4-5-11(7)16-14)12(18)15-13-8(2)9(3)17-19-13/h4-6,16H,14H2,1-3H3,(H,15,18). The Balaban J connectivity index is 2.21. The molecule has 0 unspecified atom stereocenters. The number of nitrogen functional groups attached to an aromatic ring is 1. The summed E-state index contributed by atoms with van der Waals surface area (Å²) in [5, 5.41) is 6.48. The quantitative estimate of drug-likeness (QED) is 0.580. The molecule has 0 fully saturated rings. The molecule has 0 atom stereocenters. The van der Waals surface area contributed by atoms with Crippen LogP contribution in [0.4, 0.5) is 11.6 Å². The number of carbonyl (C=O) groups is 1. The number of hydrogen-bond donors (Lipinski definition) is 3. The molecule has 6 nitrogen and oxygen atoms in total. The molecular weight excluding hydrogens is 244 g/mol. The van der Waals surface area contributed by atoms with Crippen molar-refractivity contribution in [2.75, 3.05) is 10.7 Å². The Hall–Kier alpha value is -2.34. The first-order valence-corrected chi connectivity index (χ1v) is 5.84. The molecule has 19 heavy (non-hydrogen) atoms. The first-order valence-electron chi connectivity index (χ1n) is 5.84. The average molecular weight is 260 g/mol. The van der Waals surface area contributed by atoms with Crippen molar-refractivity contribution >= 4 is 17.5 Å². The minimum Gasteiger partial charge on any atom is -0.338 e. The maximum atomic E-state index is 12.1. The first-order chi connectivity index (χ1) is 9.02. The lowest BCUT2D eigenvalue weighted by molar-refractivity contribution is 0.102. The van der Waals surface area contributed by atoms with Gasteiger partial charge in [0.1, 0.15) is 0 Å². The summed E-state index contributed by atoms with van der Waals surface area (Å²) in [7, 11) is 0. The lowest BCUT2D eigenvalue weighted by atomic mass is 10.1. The van der Waals surface area contributed by atoms with Crippen molar-refractivity contribution in [1.82, 2.24) is 5.16 Å². The van der Waals surface area contributed by atoms with Crippen LogP contribution in [0.2, 0.25) is 0 Å². The molecule has 0 aliphatic heterocycles. The van der Waals surface area contributed by atoms with Crippen LogP contribution in [0.3, 0.4) is 0 Å². The summed E-state index contributed by atoms with van der Waals surface area (Å²) in [5.41, 5.74) is 6.35. The Morgan fingerprint density at radius 1 is 1.32 bits per heavy atom. The summed E-state index contributed by atoms with van der Waals surface area (Å²) in [6, 6.07) is 5.20. The molecule has 0 saturated carbocycles. The molecule has 2 rings (SSSR count). The van der Waals surface area contributed by atoms with Crippen molar-refractivity contribution in [2.24, 2.45) is 5.84 Å². The summed E-state index contributed by atoms with van der Waals surface area (Å²) in [4.78, 5) is 12.1. The second-order valence-electron chi connectivity index (χ2n) is 4.35. The third-order valence-corrected chi connectivity index (χ3v) is 3.03. The Kier molecular flexibility index (Phi) is 3.52. The summed E-state index contributed by atoms with van der Waals surface area (Å²) in [6.45, 7) is 5.53. The molecule has 0 spiro atoms. The molecular formula is C13H16N4O2.